The number of rotatable bonds is 1. The van der Waals surface area contributed by atoms with E-state index >= 15 is 0 Å². The lowest BCUT2D eigenvalue weighted by Crippen LogP contribution is -2.27. The molecule has 16 heavy (non-hydrogen) atoms. The molecule has 0 bridgehead atoms. The zero-order valence-corrected chi connectivity index (χ0v) is 8.56. The Kier molecular flexibility index (Phi) is 2.40. The third-order valence-corrected chi connectivity index (χ3v) is 2.26. The van der Waals surface area contributed by atoms with Crippen molar-refractivity contribution in [2.45, 2.75) is 13.5 Å². The number of hydrogen-bond acceptors (Lipinski definition) is 4. The molecule has 6 heteroatoms. The van der Waals surface area contributed by atoms with Gasteiger partial charge in [-0.15, -0.1) is 0 Å². The molecule has 6 nitrogen and oxygen atoms in total. The number of aliphatic imine (C=N–C) groups is 1. The van der Waals surface area contributed by atoms with E-state index in [2.05, 4.69) is 10.3 Å². The van der Waals surface area contributed by atoms with Crippen LogP contribution in [0.5, 0.6) is 0 Å². The molecule has 0 saturated heterocycles. The lowest BCUT2D eigenvalue weighted by molar-refractivity contribution is -0.384. The van der Waals surface area contributed by atoms with Crippen molar-refractivity contribution in [3.63, 3.8) is 0 Å². The fourth-order valence-electron chi connectivity index (χ4n) is 1.56. The summed E-state index contributed by atoms with van der Waals surface area (Å²) in [6.45, 7) is 1.82. The highest BCUT2D eigenvalue weighted by Crippen LogP contribution is 2.23. The number of nitro benzene ring substituents is 1. The Morgan fingerprint density at radius 1 is 1.56 bits per heavy atom. The minimum atomic E-state index is -0.468. The van der Waals surface area contributed by atoms with E-state index in [4.69, 9.17) is 0 Å². The van der Waals surface area contributed by atoms with Gasteiger partial charge in [-0.2, -0.15) is 0 Å². The molecule has 2 rings (SSSR count). The number of non-ortho nitro benzene ring substituents is 1. The van der Waals surface area contributed by atoms with Crippen LogP contribution >= 0.6 is 0 Å². The lowest BCUT2D eigenvalue weighted by atomic mass is 10.1. The first-order valence-corrected chi connectivity index (χ1v) is 4.67. The first kappa shape index (κ1) is 10.3. The maximum Gasteiger partial charge on any atom is 0.270 e. The first-order chi connectivity index (χ1) is 7.58. The summed E-state index contributed by atoms with van der Waals surface area (Å²) < 4.78 is 0. The number of nitrogens with zero attached hydrogens (tertiary/aromatic N) is 2. The van der Waals surface area contributed by atoms with E-state index in [-0.39, 0.29) is 11.6 Å². The average molecular weight is 219 g/mol. The number of carbonyl (C=O) groups is 1. The predicted octanol–water partition coefficient (Wildman–Crippen LogP) is 0.991. The highest BCUT2D eigenvalue weighted by Gasteiger charge is 2.19. The average Bonchev–Trinajstić information content (AvgIpc) is 2.60. The molecule has 0 aromatic heterocycles. The smallest absolute Gasteiger partial charge is 0.270 e. The molecule has 0 saturated carbocycles. The van der Waals surface area contributed by atoms with Crippen LogP contribution < -0.4 is 5.32 Å². The first-order valence-electron chi connectivity index (χ1n) is 4.67. The molecule has 0 atom stereocenters. The molecule has 1 N–H and O–H groups in total. The van der Waals surface area contributed by atoms with Gasteiger partial charge in [0, 0.05) is 24.6 Å². The molecular formula is C10H9N3O3. The molecule has 0 spiro atoms. The summed E-state index contributed by atoms with van der Waals surface area (Å²) in [5.41, 5.74) is 1.51. The lowest BCUT2D eigenvalue weighted by Gasteiger charge is -2.03. The largest absolute Gasteiger partial charge is 0.311 e. The Balaban J connectivity index is 2.38. The molecular weight excluding hydrogens is 210 g/mol. The number of benzene rings is 1. The van der Waals surface area contributed by atoms with Crippen LogP contribution in [0.15, 0.2) is 23.2 Å². The van der Waals surface area contributed by atoms with E-state index < -0.39 is 4.92 Å². The van der Waals surface area contributed by atoms with Crippen LogP contribution in [0.4, 0.5) is 5.69 Å². The van der Waals surface area contributed by atoms with Crippen molar-refractivity contribution in [2.24, 2.45) is 4.99 Å². The van der Waals surface area contributed by atoms with E-state index in [0.29, 0.717) is 17.9 Å². The summed E-state index contributed by atoms with van der Waals surface area (Å²) in [7, 11) is 0. The monoisotopic (exact) mass is 219 g/mol. The van der Waals surface area contributed by atoms with E-state index in [1.165, 1.54) is 19.1 Å². The second kappa shape index (κ2) is 3.73. The van der Waals surface area contributed by atoms with Crippen LogP contribution in [0.3, 0.4) is 0 Å². The Labute approximate surface area is 91.1 Å². The molecule has 1 aliphatic heterocycles. The Hall–Kier alpha value is -2.24. The third-order valence-electron chi connectivity index (χ3n) is 2.26. The number of hydrogen-bond donors (Lipinski definition) is 1. The normalized spacial score (nSPS) is 12.9. The zero-order chi connectivity index (χ0) is 11.7. The molecule has 1 amide bonds. The maximum absolute atomic E-state index is 10.9. The van der Waals surface area contributed by atoms with E-state index in [1.54, 1.807) is 6.07 Å². The van der Waals surface area contributed by atoms with Gasteiger partial charge >= 0.3 is 0 Å². The van der Waals surface area contributed by atoms with Crippen LogP contribution in [0.1, 0.15) is 18.1 Å². The van der Waals surface area contributed by atoms with Crippen molar-refractivity contribution < 1.29 is 9.72 Å². The van der Waals surface area contributed by atoms with Gasteiger partial charge in [-0.05, 0) is 11.6 Å². The number of nitrogens with one attached hydrogen (secondary N) is 1. The predicted molar refractivity (Wildman–Crippen MR) is 57.2 cm³/mol. The summed E-state index contributed by atoms with van der Waals surface area (Å²) >= 11 is 0. The van der Waals surface area contributed by atoms with Gasteiger partial charge in [0.2, 0.25) is 5.91 Å². The molecule has 0 radical (unpaired) electrons. The molecule has 0 aliphatic carbocycles. The SMILES string of the molecule is CC(=O)NC1=NCc2ccc([N+](=O)[O-])cc21. The van der Waals surface area contributed by atoms with Crippen molar-refractivity contribution in [3.05, 3.63) is 39.4 Å². The fraction of sp³-hybridized carbons (Fsp3) is 0.200. The highest BCUT2D eigenvalue weighted by molar-refractivity contribution is 6.09. The van der Waals surface area contributed by atoms with Crippen LogP contribution in [-0.2, 0) is 11.3 Å². The van der Waals surface area contributed by atoms with E-state index in [0.717, 1.165) is 5.56 Å². The fourth-order valence-corrected chi connectivity index (χ4v) is 1.56. The zero-order valence-electron chi connectivity index (χ0n) is 8.56. The second-order valence-electron chi connectivity index (χ2n) is 3.44. The van der Waals surface area contributed by atoms with Gasteiger partial charge in [0.15, 0.2) is 0 Å². The highest BCUT2D eigenvalue weighted by atomic mass is 16.6. The summed E-state index contributed by atoms with van der Waals surface area (Å²) in [6, 6.07) is 4.52. The third kappa shape index (κ3) is 1.77. The van der Waals surface area contributed by atoms with Gasteiger partial charge in [-0.3, -0.25) is 19.9 Å². The number of nitro groups is 1. The number of carbonyl (C=O) groups excluding carboxylic acids is 1. The van der Waals surface area contributed by atoms with Crippen molar-refractivity contribution in [3.8, 4) is 0 Å². The second-order valence-corrected chi connectivity index (χ2v) is 3.44. The number of fused-ring (bicyclic) bond motifs is 1. The minimum Gasteiger partial charge on any atom is -0.311 e. The van der Waals surface area contributed by atoms with Crippen molar-refractivity contribution in [1.29, 1.82) is 0 Å². The van der Waals surface area contributed by atoms with Gasteiger partial charge in [0.1, 0.15) is 5.84 Å². The van der Waals surface area contributed by atoms with Crippen LogP contribution in [0.2, 0.25) is 0 Å². The van der Waals surface area contributed by atoms with E-state index in [9.17, 15) is 14.9 Å². The summed E-state index contributed by atoms with van der Waals surface area (Å²) in [5, 5.41) is 13.2. The topological polar surface area (TPSA) is 84.6 Å². The Morgan fingerprint density at radius 3 is 2.94 bits per heavy atom. The summed E-state index contributed by atoms with van der Waals surface area (Å²) in [5.74, 6) is 0.171. The van der Waals surface area contributed by atoms with Crippen molar-refractivity contribution in [2.75, 3.05) is 0 Å². The summed E-state index contributed by atoms with van der Waals surface area (Å²) in [4.78, 5) is 25.1. The van der Waals surface area contributed by atoms with Gasteiger partial charge < -0.3 is 5.32 Å². The molecule has 0 fully saturated rings. The van der Waals surface area contributed by atoms with E-state index in [1.807, 2.05) is 0 Å². The molecule has 1 aromatic rings. The van der Waals surface area contributed by atoms with Gasteiger partial charge in [-0.25, -0.2) is 0 Å². The number of amidine groups is 1. The molecule has 1 aliphatic rings. The van der Waals surface area contributed by atoms with Gasteiger partial charge in [-0.1, -0.05) is 0 Å². The molecule has 1 heterocycles. The quantitative estimate of drug-likeness (QED) is 0.564. The minimum absolute atomic E-state index is 0.00120. The van der Waals surface area contributed by atoms with Gasteiger partial charge in [0.05, 0.1) is 11.5 Å². The number of amides is 1. The van der Waals surface area contributed by atoms with Gasteiger partial charge in [0.25, 0.3) is 5.69 Å². The molecule has 0 unspecified atom stereocenters. The Bertz CT molecular complexity index is 508. The standard InChI is InChI=1S/C10H9N3O3/c1-6(14)12-10-9-4-8(13(15)16)3-2-7(9)5-11-10/h2-4H,5H2,1H3,(H,11,12,14). The van der Waals surface area contributed by atoms with Crippen LogP contribution in [0.25, 0.3) is 0 Å². The Morgan fingerprint density at radius 2 is 2.31 bits per heavy atom. The van der Waals surface area contributed by atoms with Crippen molar-refractivity contribution in [1.82, 2.24) is 5.32 Å². The summed E-state index contributed by atoms with van der Waals surface area (Å²) in [6.07, 6.45) is 0. The van der Waals surface area contributed by atoms with Crippen LogP contribution in [-0.4, -0.2) is 16.7 Å². The van der Waals surface area contributed by atoms with Crippen LogP contribution in [0, 0.1) is 10.1 Å². The molecule has 82 valence electrons. The maximum atomic E-state index is 10.9. The molecule has 1 aromatic carbocycles. The van der Waals surface area contributed by atoms with Crippen molar-refractivity contribution >= 4 is 17.4 Å².